The van der Waals surface area contributed by atoms with Crippen LogP contribution in [0, 0.1) is 23.0 Å². The van der Waals surface area contributed by atoms with Gasteiger partial charge in [0, 0.05) is 11.6 Å². The molecule has 1 nitrogen and oxygen atoms in total. The minimum atomic E-state index is -0.884. The monoisotopic (exact) mass is 242 g/mol. The van der Waals surface area contributed by atoms with E-state index in [9.17, 15) is 13.9 Å². The van der Waals surface area contributed by atoms with Crippen LogP contribution in [-0.4, -0.2) is 5.11 Å². The number of aliphatic hydroxyl groups is 1. The summed E-state index contributed by atoms with van der Waals surface area (Å²) in [6.07, 6.45) is -0.420. The van der Waals surface area contributed by atoms with Gasteiger partial charge in [-0.3, -0.25) is 0 Å². The summed E-state index contributed by atoms with van der Waals surface area (Å²) in [6.45, 7) is 8.24. The Morgan fingerprint density at radius 2 is 1.82 bits per heavy atom. The van der Waals surface area contributed by atoms with E-state index in [4.69, 9.17) is 0 Å². The molecule has 2 unspecified atom stereocenters. The first kappa shape index (κ1) is 14.1. The molecule has 0 spiro atoms. The van der Waals surface area contributed by atoms with Crippen molar-refractivity contribution >= 4 is 0 Å². The minimum Gasteiger partial charge on any atom is -0.388 e. The lowest BCUT2D eigenvalue weighted by atomic mass is 9.78. The molecule has 0 amide bonds. The third-order valence-electron chi connectivity index (χ3n) is 3.38. The van der Waals surface area contributed by atoms with Crippen LogP contribution in [0.15, 0.2) is 18.2 Å². The topological polar surface area (TPSA) is 20.2 Å². The lowest BCUT2D eigenvalue weighted by Crippen LogP contribution is -2.20. The summed E-state index contributed by atoms with van der Waals surface area (Å²) in [5.74, 6) is -1.07. The molecule has 0 saturated carbocycles. The van der Waals surface area contributed by atoms with Crippen LogP contribution in [0.3, 0.4) is 0 Å². The predicted molar refractivity (Wildman–Crippen MR) is 64.6 cm³/mol. The van der Waals surface area contributed by atoms with Gasteiger partial charge in [-0.25, -0.2) is 8.78 Å². The minimum absolute atomic E-state index is 0.0531. The second-order valence-corrected chi connectivity index (χ2v) is 5.68. The van der Waals surface area contributed by atoms with Crippen molar-refractivity contribution in [3.8, 4) is 0 Å². The van der Waals surface area contributed by atoms with E-state index in [1.165, 1.54) is 12.1 Å². The molecule has 96 valence electrons. The van der Waals surface area contributed by atoms with Crippen molar-refractivity contribution < 1.29 is 13.9 Å². The molecule has 0 aliphatic rings. The van der Waals surface area contributed by atoms with E-state index in [0.717, 1.165) is 6.07 Å². The fourth-order valence-electron chi connectivity index (χ4n) is 1.59. The largest absolute Gasteiger partial charge is 0.388 e. The summed E-state index contributed by atoms with van der Waals surface area (Å²) >= 11 is 0. The molecule has 0 heterocycles. The number of hydrogen-bond donors (Lipinski definition) is 1. The van der Waals surface area contributed by atoms with Gasteiger partial charge in [0.05, 0.1) is 6.10 Å². The van der Waals surface area contributed by atoms with Crippen molar-refractivity contribution in [2.24, 2.45) is 11.3 Å². The number of hydrogen-bond acceptors (Lipinski definition) is 1. The average Bonchev–Trinajstić information content (AvgIpc) is 2.15. The van der Waals surface area contributed by atoms with Crippen LogP contribution >= 0.6 is 0 Å². The molecule has 17 heavy (non-hydrogen) atoms. The van der Waals surface area contributed by atoms with E-state index in [1.54, 1.807) is 0 Å². The second kappa shape index (κ2) is 5.13. The van der Waals surface area contributed by atoms with Gasteiger partial charge in [-0.15, -0.1) is 0 Å². The van der Waals surface area contributed by atoms with E-state index < -0.39 is 17.7 Å². The Balaban J connectivity index is 2.80. The van der Waals surface area contributed by atoms with Crippen molar-refractivity contribution in [3.63, 3.8) is 0 Å². The van der Waals surface area contributed by atoms with Crippen molar-refractivity contribution in [2.45, 2.75) is 40.2 Å². The smallest absolute Gasteiger partial charge is 0.131 e. The zero-order valence-electron chi connectivity index (χ0n) is 10.8. The fourth-order valence-corrected chi connectivity index (χ4v) is 1.59. The van der Waals surface area contributed by atoms with Gasteiger partial charge in [-0.05, 0) is 23.8 Å². The van der Waals surface area contributed by atoms with Crippen LogP contribution in [0.25, 0.3) is 0 Å². The standard InChI is InChI=1S/C14H20F2O/c1-9(14(2,3)4)7-13(17)11-6-5-10(15)8-12(11)16/h5-6,8-9,13,17H,7H2,1-4H3. The molecule has 2 atom stereocenters. The molecule has 0 bridgehead atoms. The molecule has 0 radical (unpaired) electrons. The Kier molecular flexibility index (Phi) is 4.26. The second-order valence-electron chi connectivity index (χ2n) is 5.68. The van der Waals surface area contributed by atoms with E-state index in [-0.39, 0.29) is 16.9 Å². The highest BCUT2D eigenvalue weighted by atomic mass is 19.1. The summed E-state index contributed by atoms with van der Waals surface area (Å²) in [4.78, 5) is 0. The number of rotatable bonds is 3. The maximum atomic E-state index is 13.4. The quantitative estimate of drug-likeness (QED) is 0.847. The first-order chi connectivity index (χ1) is 7.71. The Morgan fingerprint density at radius 3 is 2.29 bits per heavy atom. The maximum absolute atomic E-state index is 13.4. The molecule has 1 aromatic carbocycles. The Bertz CT molecular complexity index is 382. The van der Waals surface area contributed by atoms with Crippen LogP contribution in [0.2, 0.25) is 0 Å². The average molecular weight is 242 g/mol. The Hall–Kier alpha value is -0.960. The third-order valence-corrected chi connectivity index (χ3v) is 3.38. The summed E-state index contributed by atoms with van der Waals surface area (Å²) in [5, 5.41) is 9.96. The number of aliphatic hydroxyl groups excluding tert-OH is 1. The van der Waals surface area contributed by atoms with E-state index >= 15 is 0 Å². The Labute approximate surface area is 101 Å². The van der Waals surface area contributed by atoms with Crippen LogP contribution in [-0.2, 0) is 0 Å². The molecule has 0 fully saturated rings. The van der Waals surface area contributed by atoms with Crippen molar-refractivity contribution in [1.82, 2.24) is 0 Å². The first-order valence-electron chi connectivity index (χ1n) is 5.85. The molecule has 3 heteroatoms. The van der Waals surface area contributed by atoms with Gasteiger partial charge in [0.15, 0.2) is 0 Å². The van der Waals surface area contributed by atoms with Gasteiger partial charge in [-0.1, -0.05) is 33.8 Å². The van der Waals surface area contributed by atoms with Crippen LogP contribution in [0.1, 0.15) is 45.8 Å². The normalized spacial score (nSPS) is 15.7. The zero-order chi connectivity index (χ0) is 13.2. The van der Waals surface area contributed by atoms with Gasteiger partial charge < -0.3 is 5.11 Å². The predicted octanol–water partition coefficient (Wildman–Crippen LogP) is 4.07. The summed E-state index contributed by atoms with van der Waals surface area (Å²) in [5.41, 5.74) is 0.222. The molecule has 0 aliphatic carbocycles. The molecule has 1 rings (SSSR count). The van der Waals surface area contributed by atoms with Crippen LogP contribution < -0.4 is 0 Å². The van der Waals surface area contributed by atoms with Gasteiger partial charge in [0.2, 0.25) is 0 Å². The van der Waals surface area contributed by atoms with Crippen molar-refractivity contribution in [2.75, 3.05) is 0 Å². The third kappa shape index (κ3) is 3.77. The Morgan fingerprint density at radius 1 is 1.24 bits per heavy atom. The number of benzene rings is 1. The first-order valence-corrected chi connectivity index (χ1v) is 5.85. The SMILES string of the molecule is CC(CC(O)c1ccc(F)cc1F)C(C)(C)C. The maximum Gasteiger partial charge on any atom is 0.131 e. The highest BCUT2D eigenvalue weighted by Gasteiger charge is 2.24. The van der Waals surface area contributed by atoms with Crippen molar-refractivity contribution in [3.05, 3.63) is 35.4 Å². The lowest BCUT2D eigenvalue weighted by molar-refractivity contribution is 0.108. The molecule has 0 aromatic heterocycles. The summed E-state index contributed by atoms with van der Waals surface area (Å²) < 4.78 is 26.2. The summed E-state index contributed by atoms with van der Waals surface area (Å²) in [6, 6.07) is 3.29. The van der Waals surface area contributed by atoms with E-state index in [1.807, 2.05) is 6.92 Å². The van der Waals surface area contributed by atoms with Gasteiger partial charge in [0.25, 0.3) is 0 Å². The highest BCUT2D eigenvalue weighted by Crippen LogP contribution is 2.33. The van der Waals surface area contributed by atoms with E-state index in [0.29, 0.717) is 6.42 Å². The van der Waals surface area contributed by atoms with Crippen LogP contribution in [0.5, 0.6) is 0 Å². The van der Waals surface area contributed by atoms with Crippen molar-refractivity contribution in [1.29, 1.82) is 0 Å². The number of halogens is 2. The summed E-state index contributed by atoms with van der Waals surface area (Å²) in [7, 11) is 0. The zero-order valence-corrected chi connectivity index (χ0v) is 10.8. The molecular formula is C14H20F2O. The lowest BCUT2D eigenvalue weighted by Gasteiger charge is -2.29. The molecule has 1 N–H and O–H groups in total. The molecule has 0 aliphatic heterocycles. The molecule has 0 saturated heterocycles. The molecular weight excluding hydrogens is 222 g/mol. The highest BCUT2D eigenvalue weighted by molar-refractivity contribution is 5.20. The van der Waals surface area contributed by atoms with Gasteiger partial charge in [0.1, 0.15) is 11.6 Å². The molecule has 1 aromatic rings. The van der Waals surface area contributed by atoms with Gasteiger partial charge in [-0.2, -0.15) is 0 Å². The van der Waals surface area contributed by atoms with Crippen LogP contribution in [0.4, 0.5) is 8.78 Å². The van der Waals surface area contributed by atoms with Gasteiger partial charge >= 0.3 is 0 Å². The fraction of sp³-hybridized carbons (Fsp3) is 0.571. The van der Waals surface area contributed by atoms with E-state index in [2.05, 4.69) is 20.8 Å².